The number of nitrogens with zero attached hydrogens (tertiary/aromatic N) is 3. The number of Topliss-reactive ketones (excluding diaryl/α,β-unsaturated/α-hetero) is 2. The van der Waals surface area contributed by atoms with Gasteiger partial charge in [-0.3, -0.25) is 9.59 Å². The first kappa shape index (κ1) is 44.4. The molecule has 0 atom stereocenters. The molecule has 0 saturated heterocycles. The number of ketones is 2. The Hall–Kier alpha value is -5.74. The van der Waals surface area contributed by atoms with Gasteiger partial charge in [0, 0.05) is 22.3 Å². The standard InChI is InChI=1S/C15H11NOS.C14H9NO2S.C9H6BrNOS.C6H7BO2.CH4/c1-10(17)12-7-8-13-14(9-12)18-15(16-13)11-5-3-2-4-6-11;16-14(17)10-6-7-11-12(8-10)18-13(15-11)9-4-2-1-3-5-9;1-5(12)6-2-3-7-8(4-6)13-9(10)11-7;8-7(9)6-4-2-1-3-5-6;/h2-9H,1H3;1-8H,(H,16,17);2-4H,1H3;1-5,8-9H;1H4. The zero-order chi connectivity index (χ0) is 41.2. The number of aromatic nitrogens is 3. The largest absolute Gasteiger partial charge is 0.488 e. The fourth-order valence-corrected chi connectivity index (χ4v) is 8.81. The second-order valence-electron chi connectivity index (χ2n) is 12.5. The summed E-state index contributed by atoms with van der Waals surface area (Å²) in [5.41, 5.74) is 7.19. The molecule has 9 aromatic rings. The second kappa shape index (κ2) is 20.8. The molecule has 3 heterocycles. The molecule has 0 spiro atoms. The van der Waals surface area contributed by atoms with E-state index in [-0.39, 0.29) is 19.0 Å². The van der Waals surface area contributed by atoms with Crippen molar-refractivity contribution in [2.75, 3.05) is 0 Å². The van der Waals surface area contributed by atoms with Gasteiger partial charge in [-0.2, -0.15) is 0 Å². The van der Waals surface area contributed by atoms with E-state index in [0.717, 1.165) is 66.8 Å². The van der Waals surface area contributed by atoms with Gasteiger partial charge < -0.3 is 15.2 Å². The van der Waals surface area contributed by atoms with Crippen molar-refractivity contribution in [2.24, 2.45) is 0 Å². The lowest BCUT2D eigenvalue weighted by molar-refractivity contribution is 0.0696. The number of benzene rings is 6. The zero-order valence-corrected chi connectivity index (χ0v) is 35.0. The lowest BCUT2D eigenvalue weighted by atomic mass is 9.81. The number of carboxylic acid groups (broad SMARTS) is 1. The average molecular weight is 903 g/mol. The fourth-order valence-electron chi connectivity index (χ4n) is 5.35. The molecule has 296 valence electrons. The topological polar surface area (TPSA) is 151 Å². The molecule has 0 saturated carbocycles. The van der Waals surface area contributed by atoms with Crippen LogP contribution in [0.15, 0.2) is 150 Å². The quantitative estimate of drug-likeness (QED) is 0.109. The van der Waals surface area contributed by atoms with E-state index in [1.807, 2.05) is 97.1 Å². The first-order chi connectivity index (χ1) is 27.9. The third-order valence-corrected chi connectivity index (χ3v) is 11.9. The molecule has 9 rings (SSSR count). The fraction of sp³-hybridized carbons (Fsp3) is 0.0667. The summed E-state index contributed by atoms with van der Waals surface area (Å²) in [6, 6.07) is 44.8. The Kier molecular flexibility index (Phi) is 15.6. The molecule has 59 heavy (non-hydrogen) atoms. The minimum absolute atomic E-state index is 0. The normalized spacial score (nSPS) is 10.3. The molecule has 0 aliphatic rings. The predicted molar refractivity (Wildman–Crippen MR) is 247 cm³/mol. The molecule has 9 nitrogen and oxygen atoms in total. The average Bonchev–Trinajstić information content (AvgIpc) is 3.97. The van der Waals surface area contributed by atoms with Crippen LogP contribution in [-0.4, -0.2) is 54.8 Å². The Bertz CT molecular complexity index is 2700. The minimum atomic E-state index is -1.34. The van der Waals surface area contributed by atoms with Gasteiger partial charge in [0.1, 0.15) is 10.0 Å². The van der Waals surface area contributed by atoms with Crippen molar-refractivity contribution < 1.29 is 29.5 Å². The third kappa shape index (κ3) is 11.9. The van der Waals surface area contributed by atoms with Crippen LogP contribution in [0.2, 0.25) is 0 Å². The number of carbonyl (C=O) groups excluding carboxylic acids is 2. The SMILES string of the molecule is C.CC(=O)c1ccc2nc(-c3ccccc3)sc2c1.CC(=O)c1ccc2nc(Br)sc2c1.O=C(O)c1ccc2nc(-c3ccccc3)sc2c1.OB(O)c1ccccc1. The van der Waals surface area contributed by atoms with E-state index in [1.165, 1.54) is 22.7 Å². The van der Waals surface area contributed by atoms with E-state index >= 15 is 0 Å². The minimum Gasteiger partial charge on any atom is -0.478 e. The summed E-state index contributed by atoms with van der Waals surface area (Å²) in [5, 5.41) is 28.0. The summed E-state index contributed by atoms with van der Waals surface area (Å²) in [5.74, 6) is -0.732. The summed E-state index contributed by atoms with van der Waals surface area (Å²) in [6.45, 7) is 3.15. The van der Waals surface area contributed by atoms with Crippen LogP contribution in [-0.2, 0) is 0 Å². The molecular weight excluding hydrogens is 865 g/mol. The van der Waals surface area contributed by atoms with Crippen molar-refractivity contribution in [2.45, 2.75) is 21.3 Å². The highest BCUT2D eigenvalue weighted by Crippen LogP contribution is 2.32. The van der Waals surface area contributed by atoms with E-state index in [1.54, 1.807) is 73.7 Å². The molecule has 3 aromatic heterocycles. The Morgan fingerprint density at radius 1 is 0.525 bits per heavy atom. The predicted octanol–water partition coefficient (Wildman–Crippen LogP) is 11.1. The Balaban J connectivity index is 0.000000153. The van der Waals surface area contributed by atoms with Gasteiger partial charge in [0.2, 0.25) is 0 Å². The van der Waals surface area contributed by atoms with Crippen molar-refractivity contribution in [1.82, 2.24) is 15.0 Å². The molecule has 14 heteroatoms. The molecular formula is C45H37BBrN3O6S3. The number of thiazole rings is 3. The van der Waals surface area contributed by atoms with Crippen LogP contribution in [0, 0.1) is 0 Å². The first-order valence-corrected chi connectivity index (χ1v) is 20.8. The first-order valence-electron chi connectivity index (χ1n) is 17.6. The summed E-state index contributed by atoms with van der Waals surface area (Å²) in [7, 11) is -1.34. The highest BCUT2D eigenvalue weighted by atomic mass is 79.9. The molecule has 0 bridgehead atoms. The van der Waals surface area contributed by atoms with Crippen molar-refractivity contribution in [1.29, 1.82) is 0 Å². The zero-order valence-electron chi connectivity index (χ0n) is 30.9. The number of hydrogen-bond acceptors (Lipinski definition) is 11. The third-order valence-electron chi connectivity index (χ3n) is 8.34. The number of aromatic carboxylic acids is 1. The maximum Gasteiger partial charge on any atom is 0.488 e. The number of fused-ring (bicyclic) bond motifs is 3. The van der Waals surface area contributed by atoms with Crippen molar-refractivity contribution in [3.8, 4) is 21.1 Å². The van der Waals surface area contributed by atoms with Crippen molar-refractivity contribution in [3.05, 3.63) is 166 Å². The maximum atomic E-state index is 11.4. The number of halogens is 1. The summed E-state index contributed by atoms with van der Waals surface area (Å²) < 4.78 is 3.85. The van der Waals surface area contributed by atoms with Gasteiger partial charge in [0.25, 0.3) is 0 Å². The van der Waals surface area contributed by atoms with Crippen molar-refractivity contribution >= 4 is 111 Å². The smallest absolute Gasteiger partial charge is 0.478 e. The lowest BCUT2D eigenvalue weighted by Gasteiger charge is -1.94. The molecule has 0 unspecified atom stereocenters. The van der Waals surface area contributed by atoms with Crippen LogP contribution in [0.1, 0.15) is 52.3 Å². The van der Waals surface area contributed by atoms with Gasteiger partial charge in [-0.15, -0.1) is 34.0 Å². The molecule has 0 amide bonds. The summed E-state index contributed by atoms with van der Waals surface area (Å²) >= 11 is 7.97. The lowest BCUT2D eigenvalue weighted by Crippen LogP contribution is -2.29. The van der Waals surface area contributed by atoms with Crippen LogP contribution in [0.25, 0.3) is 51.8 Å². The Morgan fingerprint density at radius 3 is 1.29 bits per heavy atom. The second-order valence-corrected chi connectivity index (χ2v) is 16.9. The van der Waals surface area contributed by atoms with Crippen LogP contribution < -0.4 is 5.46 Å². The van der Waals surface area contributed by atoms with E-state index in [2.05, 4.69) is 30.9 Å². The van der Waals surface area contributed by atoms with Crippen LogP contribution in [0.5, 0.6) is 0 Å². The van der Waals surface area contributed by atoms with Gasteiger partial charge >= 0.3 is 13.1 Å². The van der Waals surface area contributed by atoms with E-state index in [0.29, 0.717) is 11.0 Å². The van der Waals surface area contributed by atoms with Gasteiger partial charge in [0.05, 0.1) is 36.2 Å². The van der Waals surface area contributed by atoms with Gasteiger partial charge in [-0.25, -0.2) is 19.7 Å². The monoisotopic (exact) mass is 901 g/mol. The van der Waals surface area contributed by atoms with Gasteiger partial charge in [0.15, 0.2) is 15.5 Å². The highest BCUT2D eigenvalue weighted by molar-refractivity contribution is 9.11. The van der Waals surface area contributed by atoms with Crippen molar-refractivity contribution in [3.63, 3.8) is 0 Å². The number of carboxylic acids is 1. The molecule has 0 aliphatic heterocycles. The van der Waals surface area contributed by atoms with Crippen LogP contribution >= 0.6 is 49.9 Å². The van der Waals surface area contributed by atoms with E-state index in [9.17, 15) is 14.4 Å². The van der Waals surface area contributed by atoms with Crippen LogP contribution in [0.4, 0.5) is 0 Å². The maximum absolute atomic E-state index is 11.4. The molecule has 6 aromatic carbocycles. The van der Waals surface area contributed by atoms with E-state index in [4.69, 9.17) is 15.2 Å². The van der Waals surface area contributed by atoms with Crippen LogP contribution in [0.3, 0.4) is 0 Å². The van der Waals surface area contributed by atoms with Gasteiger partial charge in [-0.05, 0) is 89.8 Å². The Labute approximate surface area is 361 Å². The highest BCUT2D eigenvalue weighted by Gasteiger charge is 2.11. The summed E-state index contributed by atoms with van der Waals surface area (Å²) in [6.07, 6.45) is 0. The van der Waals surface area contributed by atoms with Gasteiger partial charge in [-0.1, -0.05) is 98.4 Å². The number of carbonyl (C=O) groups is 3. The summed E-state index contributed by atoms with van der Waals surface area (Å²) in [4.78, 5) is 46.7. The Morgan fingerprint density at radius 2 is 0.898 bits per heavy atom. The molecule has 0 aliphatic carbocycles. The number of rotatable bonds is 6. The molecule has 0 fully saturated rings. The van der Waals surface area contributed by atoms with E-state index < -0.39 is 13.1 Å². The molecule has 0 radical (unpaired) electrons. The molecule has 3 N–H and O–H groups in total. The number of hydrogen-bond donors (Lipinski definition) is 3.